The number of hydrogen-bond acceptors (Lipinski definition) is 3. The highest BCUT2D eigenvalue weighted by Crippen LogP contribution is 2.23. The third kappa shape index (κ3) is 3.59. The van der Waals surface area contributed by atoms with Crippen molar-refractivity contribution in [2.24, 2.45) is 0 Å². The molecule has 2 aromatic rings. The van der Waals surface area contributed by atoms with Gasteiger partial charge in [0.25, 0.3) is 5.56 Å². The Morgan fingerprint density at radius 3 is 2.52 bits per heavy atom. The number of benzene rings is 1. The summed E-state index contributed by atoms with van der Waals surface area (Å²) >= 11 is 17.7. The number of aromatic nitrogens is 1. The number of pyridine rings is 1. The van der Waals surface area contributed by atoms with Gasteiger partial charge in [-0.15, -0.1) is 0 Å². The summed E-state index contributed by atoms with van der Waals surface area (Å²) in [6.07, 6.45) is 1.44. The normalized spacial score (nSPS) is 10.5. The van der Waals surface area contributed by atoms with Crippen molar-refractivity contribution in [3.05, 3.63) is 67.0 Å². The Hall–Kier alpha value is -1.49. The van der Waals surface area contributed by atoms with E-state index < -0.39 is 11.5 Å². The van der Waals surface area contributed by atoms with Crippen LogP contribution in [0.1, 0.15) is 15.9 Å². The maximum absolute atomic E-state index is 12.2. The molecule has 1 aromatic heterocycles. The van der Waals surface area contributed by atoms with E-state index in [0.717, 1.165) is 5.56 Å². The molecule has 110 valence electrons. The van der Waals surface area contributed by atoms with E-state index in [1.54, 1.807) is 18.2 Å². The van der Waals surface area contributed by atoms with E-state index in [1.165, 1.54) is 23.9 Å². The topological polar surface area (TPSA) is 48.3 Å². The average Bonchev–Trinajstić information content (AvgIpc) is 2.45. The molecule has 2 rings (SSSR count). The quantitative estimate of drug-likeness (QED) is 0.797. The van der Waals surface area contributed by atoms with E-state index in [0.29, 0.717) is 10.0 Å². The summed E-state index contributed by atoms with van der Waals surface area (Å²) in [5.41, 5.74) is 0.145. The number of esters is 1. The zero-order valence-corrected chi connectivity index (χ0v) is 13.2. The molecule has 0 spiro atoms. The Balaban J connectivity index is 2.44. The number of ether oxygens (including phenoxy) is 1. The molecule has 4 nitrogen and oxygen atoms in total. The first kappa shape index (κ1) is 15.9. The molecule has 0 saturated carbocycles. The van der Waals surface area contributed by atoms with Crippen LogP contribution in [0.3, 0.4) is 0 Å². The van der Waals surface area contributed by atoms with Crippen LogP contribution in [-0.4, -0.2) is 17.6 Å². The van der Waals surface area contributed by atoms with Gasteiger partial charge in [-0.25, -0.2) is 4.79 Å². The second kappa shape index (κ2) is 6.52. The van der Waals surface area contributed by atoms with E-state index >= 15 is 0 Å². The van der Waals surface area contributed by atoms with E-state index in [1.807, 2.05) is 0 Å². The van der Waals surface area contributed by atoms with Gasteiger partial charge in [0.05, 0.1) is 28.7 Å². The first-order valence-electron chi connectivity index (χ1n) is 5.84. The minimum atomic E-state index is -0.731. The molecule has 0 aliphatic rings. The first-order valence-corrected chi connectivity index (χ1v) is 6.98. The second-order valence-electron chi connectivity index (χ2n) is 4.25. The number of carbonyl (C=O) groups is 1. The number of nitrogens with zero attached hydrogens (tertiary/aromatic N) is 1. The summed E-state index contributed by atoms with van der Waals surface area (Å²) in [6, 6.07) is 6.30. The van der Waals surface area contributed by atoms with Crippen LogP contribution in [0, 0.1) is 0 Å². The zero-order chi connectivity index (χ0) is 15.6. The number of methoxy groups -OCH3 is 1. The van der Waals surface area contributed by atoms with Gasteiger partial charge in [0.15, 0.2) is 0 Å². The summed E-state index contributed by atoms with van der Waals surface area (Å²) in [4.78, 5) is 23.8. The highest BCUT2D eigenvalue weighted by atomic mass is 35.5. The maximum Gasteiger partial charge on any atom is 0.343 e. The smallest absolute Gasteiger partial charge is 0.343 e. The Kier molecular flexibility index (Phi) is 4.93. The van der Waals surface area contributed by atoms with Gasteiger partial charge >= 0.3 is 5.97 Å². The van der Waals surface area contributed by atoms with Crippen LogP contribution >= 0.6 is 34.8 Å². The van der Waals surface area contributed by atoms with Crippen LogP contribution < -0.4 is 5.56 Å². The number of rotatable bonds is 3. The summed E-state index contributed by atoms with van der Waals surface area (Å²) in [5, 5.41) is 1.07. The third-order valence-electron chi connectivity index (χ3n) is 2.79. The average molecular weight is 347 g/mol. The molecular formula is C14H10Cl3NO3. The molecular weight excluding hydrogens is 337 g/mol. The Morgan fingerprint density at radius 2 is 1.90 bits per heavy atom. The van der Waals surface area contributed by atoms with Gasteiger partial charge in [0.1, 0.15) is 5.56 Å². The summed E-state index contributed by atoms with van der Waals surface area (Å²) in [5.74, 6) is -0.731. The molecule has 0 saturated heterocycles. The minimum absolute atomic E-state index is 0.120. The van der Waals surface area contributed by atoms with Crippen molar-refractivity contribution in [3.63, 3.8) is 0 Å². The summed E-state index contributed by atoms with van der Waals surface area (Å²) in [6.45, 7) is 0.209. The van der Waals surface area contributed by atoms with Crippen LogP contribution in [0.5, 0.6) is 0 Å². The van der Waals surface area contributed by atoms with Gasteiger partial charge < -0.3 is 9.30 Å². The highest BCUT2D eigenvalue weighted by Gasteiger charge is 2.14. The molecule has 0 aliphatic carbocycles. The lowest BCUT2D eigenvalue weighted by Crippen LogP contribution is -2.27. The fraction of sp³-hybridized carbons (Fsp3) is 0.143. The molecule has 0 radical (unpaired) electrons. The monoisotopic (exact) mass is 345 g/mol. The van der Waals surface area contributed by atoms with Crippen LogP contribution in [0.25, 0.3) is 0 Å². The van der Waals surface area contributed by atoms with Crippen molar-refractivity contribution in [1.82, 2.24) is 4.57 Å². The fourth-order valence-electron chi connectivity index (χ4n) is 1.81. The Labute approximate surface area is 135 Å². The predicted octanol–water partition coefficient (Wildman–Crippen LogP) is 3.64. The molecule has 0 N–H and O–H groups in total. The summed E-state index contributed by atoms with van der Waals surface area (Å²) < 4.78 is 5.88. The van der Waals surface area contributed by atoms with Crippen molar-refractivity contribution < 1.29 is 9.53 Å². The number of carbonyl (C=O) groups excluding carboxylic acids is 1. The van der Waals surface area contributed by atoms with E-state index in [-0.39, 0.29) is 17.1 Å². The van der Waals surface area contributed by atoms with E-state index in [9.17, 15) is 9.59 Å². The third-order valence-corrected chi connectivity index (χ3v) is 3.74. The van der Waals surface area contributed by atoms with Crippen LogP contribution in [0.4, 0.5) is 0 Å². The van der Waals surface area contributed by atoms with Gasteiger partial charge in [0, 0.05) is 6.20 Å². The van der Waals surface area contributed by atoms with Gasteiger partial charge in [-0.3, -0.25) is 4.79 Å². The van der Waals surface area contributed by atoms with Crippen LogP contribution in [-0.2, 0) is 11.3 Å². The lowest BCUT2D eigenvalue weighted by atomic mass is 10.2. The molecule has 1 aromatic carbocycles. The molecule has 21 heavy (non-hydrogen) atoms. The summed E-state index contributed by atoms with van der Waals surface area (Å²) in [7, 11) is 1.20. The standard InChI is InChI=1S/C14H10Cl3NO3/c1-21-14(20)10-5-9(15)7-18(13(10)19)6-8-2-3-11(16)12(17)4-8/h2-5,7H,6H2,1H3. The molecule has 0 atom stereocenters. The highest BCUT2D eigenvalue weighted by molar-refractivity contribution is 6.42. The molecule has 0 amide bonds. The Bertz CT molecular complexity index is 756. The largest absolute Gasteiger partial charge is 0.465 e. The van der Waals surface area contributed by atoms with Gasteiger partial charge in [-0.05, 0) is 23.8 Å². The number of halogens is 3. The van der Waals surface area contributed by atoms with Crippen molar-refractivity contribution in [2.45, 2.75) is 6.54 Å². The van der Waals surface area contributed by atoms with E-state index in [2.05, 4.69) is 4.74 Å². The van der Waals surface area contributed by atoms with Gasteiger partial charge in [0.2, 0.25) is 0 Å². The molecule has 0 fully saturated rings. The van der Waals surface area contributed by atoms with Crippen LogP contribution in [0.2, 0.25) is 15.1 Å². The zero-order valence-electron chi connectivity index (χ0n) is 10.9. The lowest BCUT2D eigenvalue weighted by molar-refractivity contribution is 0.0598. The van der Waals surface area contributed by atoms with E-state index in [4.69, 9.17) is 34.8 Å². The lowest BCUT2D eigenvalue weighted by Gasteiger charge is -2.09. The SMILES string of the molecule is COC(=O)c1cc(Cl)cn(Cc2ccc(Cl)c(Cl)c2)c1=O. The number of hydrogen-bond donors (Lipinski definition) is 0. The molecule has 7 heteroatoms. The van der Waals surface area contributed by atoms with Crippen molar-refractivity contribution in [3.8, 4) is 0 Å². The molecule has 0 bridgehead atoms. The predicted molar refractivity (Wildman–Crippen MR) is 82.6 cm³/mol. The van der Waals surface area contributed by atoms with Crippen molar-refractivity contribution in [2.75, 3.05) is 7.11 Å². The maximum atomic E-state index is 12.2. The molecule has 0 aliphatic heterocycles. The minimum Gasteiger partial charge on any atom is -0.465 e. The second-order valence-corrected chi connectivity index (χ2v) is 5.50. The van der Waals surface area contributed by atoms with Gasteiger partial charge in [-0.2, -0.15) is 0 Å². The molecule has 1 heterocycles. The first-order chi connectivity index (χ1) is 9.92. The van der Waals surface area contributed by atoms with Crippen molar-refractivity contribution in [1.29, 1.82) is 0 Å². The van der Waals surface area contributed by atoms with Crippen molar-refractivity contribution >= 4 is 40.8 Å². The van der Waals surface area contributed by atoms with Crippen LogP contribution in [0.15, 0.2) is 35.3 Å². The van der Waals surface area contributed by atoms with Gasteiger partial charge in [-0.1, -0.05) is 40.9 Å². The fourth-order valence-corrected chi connectivity index (χ4v) is 2.36. The molecule has 0 unspecified atom stereocenters. The Morgan fingerprint density at radius 1 is 1.19 bits per heavy atom.